The highest BCUT2D eigenvalue weighted by molar-refractivity contribution is 5.85. The highest BCUT2D eigenvalue weighted by Crippen LogP contribution is 2.31. The van der Waals surface area contributed by atoms with Crippen molar-refractivity contribution in [2.24, 2.45) is 10.9 Å². The largest absolute Gasteiger partial charge is 0.466 e. The number of hydrogen-bond acceptors (Lipinski definition) is 5. The lowest BCUT2D eigenvalue weighted by Gasteiger charge is -2.40. The third-order valence-corrected chi connectivity index (χ3v) is 5.93. The van der Waals surface area contributed by atoms with Gasteiger partial charge in [0.15, 0.2) is 6.79 Å². The highest BCUT2D eigenvalue weighted by Gasteiger charge is 2.36. The van der Waals surface area contributed by atoms with Gasteiger partial charge < -0.3 is 14.4 Å². The van der Waals surface area contributed by atoms with E-state index in [1.54, 1.807) is 17.2 Å². The third-order valence-electron chi connectivity index (χ3n) is 5.93. The molecule has 3 aliphatic rings. The molecule has 1 N–H and O–H groups in total. The number of rotatable bonds is 4. The summed E-state index contributed by atoms with van der Waals surface area (Å²) in [7, 11) is 0. The van der Waals surface area contributed by atoms with Gasteiger partial charge in [-0.2, -0.15) is 0 Å². The van der Waals surface area contributed by atoms with Crippen molar-refractivity contribution in [2.45, 2.75) is 44.8 Å². The molecule has 0 aliphatic carbocycles. The van der Waals surface area contributed by atoms with Crippen LogP contribution in [0.1, 0.15) is 43.2 Å². The van der Waals surface area contributed by atoms with Crippen LogP contribution in [0.3, 0.4) is 0 Å². The lowest BCUT2D eigenvalue weighted by Crippen LogP contribution is -3.18. The number of nitrogens with zero attached hydrogens (tertiary/aromatic N) is 2. The fraction of sp³-hybridized carbons (Fsp3) is 0.632. The number of nitro benzene ring substituents is 1. The van der Waals surface area contributed by atoms with E-state index in [0.29, 0.717) is 29.4 Å². The number of benzene rings is 1. The first kappa shape index (κ1) is 17.4. The minimum absolute atomic E-state index is 0.0554. The number of ether oxygens (including phenoxy) is 2. The van der Waals surface area contributed by atoms with Crippen molar-refractivity contribution in [3.05, 3.63) is 33.4 Å². The van der Waals surface area contributed by atoms with Gasteiger partial charge in [0.2, 0.25) is 0 Å². The number of nitro groups is 1. The van der Waals surface area contributed by atoms with Gasteiger partial charge in [-0.3, -0.25) is 15.1 Å². The predicted molar refractivity (Wildman–Crippen MR) is 96.9 cm³/mol. The van der Waals surface area contributed by atoms with Gasteiger partial charge in [-0.05, 0) is 32.1 Å². The second-order valence-corrected chi connectivity index (χ2v) is 7.55. The zero-order valence-electron chi connectivity index (χ0n) is 15.0. The normalized spacial score (nSPS) is 28.2. The molecule has 0 aromatic heterocycles. The number of piperidine rings is 2. The maximum absolute atomic E-state index is 11.2. The average Bonchev–Trinajstić information content (AvgIpc) is 2.68. The molecule has 3 heterocycles. The Morgan fingerprint density at radius 1 is 1.27 bits per heavy atom. The average molecular weight is 360 g/mol. The summed E-state index contributed by atoms with van der Waals surface area (Å²) in [4.78, 5) is 17.3. The number of aliphatic imine (C=N–C) groups is 1. The zero-order chi connectivity index (χ0) is 17.9. The molecule has 2 saturated heterocycles. The maximum atomic E-state index is 11.2. The van der Waals surface area contributed by atoms with Crippen LogP contribution < -0.4 is 9.64 Å². The molecule has 4 rings (SSSR count). The highest BCUT2D eigenvalue weighted by atomic mass is 16.7. The predicted octanol–water partition coefficient (Wildman–Crippen LogP) is 1.73. The molecule has 26 heavy (non-hydrogen) atoms. The van der Waals surface area contributed by atoms with Crippen LogP contribution >= 0.6 is 0 Å². The summed E-state index contributed by atoms with van der Waals surface area (Å²) in [6.07, 6.45) is 8.26. The number of fused-ring (bicyclic) bond motifs is 2. The first-order valence-electron chi connectivity index (χ1n) is 9.58. The standard InChI is InChI=1S/C19H25N3O4/c23-22(24)17-8-15(19-16(9-17)12-25-13-26-19)11-20-10-14-4-3-7-21-6-2-1-5-18(14)21/h8-9,11,14,18H,1-7,10,12-13H2/p+1/t14-,18-/m1/s1. The summed E-state index contributed by atoms with van der Waals surface area (Å²) < 4.78 is 10.8. The van der Waals surface area contributed by atoms with E-state index in [1.807, 2.05) is 0 Å². The molecule has 3 atom stereocenters. The molecule has 0 saturated carbocycles. The van der Waals surface area contributed by atoms with Crippen LogP contribution in [0.25, 0.3) is 0 Å². The molecule has 0 amide bonds. The van der Waals surface area contributed by atoms with E-state index in [0.717, 1.165) is 12.6 Å². The Hall–Kier alpha value is -1.99. The van der Waals surface area contributed by atoms with Gasteiger partial charge in [-0.15, -0.1) is 0 Å². The lowest BCUT2D eigenvalue weighted by molar-refractivity contribution is -0.939. The van der Waals surface area contributed by atoms with Gasteiger partial charge in [0.25, 0.3) is 5.69 Å². The summed E-state index contributed by atoms with van der Waals surface area (Å²) in [5, 5.41) is 11.2. The van der Waals surface area contributed by atoms with Crippen LogP contribution in [0.15, 0.2) is 17.1 Å². The first-order chi connectivity index (χ1) is 12.7. The summed E-state index contributed by atoms with van der Waals surface area (Å²) in [6, 6.07) is 3.81. The van der Waals surface area contributed by atoms with Gasteiger partial charge in [-0.25, -0.2) is 0 Å². The van der Waals surface area contributed by atoms with Crippen molar-refractivity contribution in [1.82, 2.24) is 0 Å². The molecule has 3 aliphatic heterocycles. The molecular formula is C19H26N3O4+. The monoisotopic (exact) mass is 360 g/mol. The first-order valence-corrected chi connectivity index (χ1v) is 9.58. The number of hydrogen-bond donors (Lipinski definition) is 1. The Morgan fingerprint density at radius 2 is 2.15 bits per heavy atom. The van der Waals surface area contributed by atoms with Crippen molar-refractivity contribution in [3.8, 4) is 5.75 Å². The quantitative estimate of drug-likeness (QED) is 0.504. The van der Waals surface area contributed by atoms with E-state index >= 15 is 0 Å². The molecule has 7 nitrogen and oxygen atoms in total. The number of quaternary nitrogens is 1. The second kappa shape index (κ2) is 7.72. The molecule has 0 radical (unpaired) electrons. The third kappa shape index (κ3) is 3.59. The molecule has 7 heteroatoms. The fourth-order valence-corrected chi connectivity index (χ4v) is 4.72. The van der Waals surface area contributed by atoms with Crippen LogP contribution in [-0.2, 0) is 11.3 Å². The Labute approximate surface area is 153 Å². The molecule has 1 aromatic rings. The molecule has 140 valence electrons. The zero-order valence-corrected chi connectivity index (χ0v) is 15.0. The molecule has 1 aromatic carbocycles. The minimum atomic E-state index is -0.378. The topological polar surface area (TPSA) is 78.4 Å². The number of non-ortho nitro benzene ring substituents is 1. The van der Waals surface area contributed by atoms with Crippen LogP contribution in [0.4, 0.5) is 5.69 Å². The minimum Gasteiger partial charge on any atom is -0.466 e. The van der Waals surface area contributed by atoms with E-state index in [2.05, 4.69) is 4.99 Å². The van der Waals surface area contributed by atoms with E-state index in [1.165, 1.54) is 51.3 Å². The summed E-state index contributed by atoms with van der Waals surface area (Å²) in [5.41, 5.74) is 1.45. The fourth-order valence-electron chi connectivity index (χ4n) is 4.72. The van der Waals surface area contributed by atoms with Gasteiger partial charge in [0.1, 0.15) is 5.75 Å². The molecule has 0 bridgehead atoms. The summed E-state index contributed by atoms with van der Waals surface area (Å²) in [5.74, 6) is 1.29. The SMILES string of the molecule is O=[N+]([O-])c1cc(C=NC[C@H]2CCC[NH+]3CCCC[C@H]23)c2c(c1)COCO2. The van der Waals surface area contributed by atoms with Gasteiger partial charge in [0, 0.05) is 41.9 Å². The van der Waals surface area contributed by atoms with Gasteiger partial charge in [-0.1, -0.05) is 0 Å². The van der Waals surface area contributed by atoms with Crippen LogP contribution in [0, 0.1) is 16.0 Å². The maximum Gasteiger partial charge on any atom is 0.270 e. The van der Waals surface area contributed by atoms with Gasteiger partial charge in [0.05, 0.1) is 30.7 Å². The molecule has 1 unspecified atom stereocenters. The summed E-state index contributed by atoms with van der Waals surface area (Å²) in [6.45, 7) is 3.91. The second-order valence-electron chi connectivity index (χ2n) is 7.55. The molecular weight excluding hydrogens is 334 g/mol. The van der Waals surface area contributed by atoms with E-state index in [4.69, 9.17) is 9.47 Å². The lowest BCUT2D eigenvalue weighted by atomic mass is 9.83. The summed E-state index contributed by atoms with van der Waals surface area (Å²) >= 11 is 0. The van der Waals surface area contributed by atoms with E-state index < -0.39 is 0 Å². The number of nitrogens with one attached hydrogen (secondary N) is 1. The smallest absolute Gasteiger partial charge is 0.270 e. The molecule has 2 fully saturated rings. The van der Waals surface area contributed by atoms with Crippen molar-refractivity contribution < 1.29 is 19.3 Å². The van der Waals surface area contributed by atoms with Crippen molar-refractivity contribution in [2.75, 3.05) is 26.4 Å². The van der Waals surface area contributed by atoms with Gasteiger partial charge >= 0.3 is 0 Å². The van der Waals surface area contributed by atoms with Crippen molar-refractivity contribution in [3.63, 3.8) is 0 Å². The Balaban J connectivity index is 1.51. The van der Waals surface area contributed by atoms with Crippen LogP contribution in [0.5, 0.6) is 5.75 Å². The van der Waals surface area contributed by atoms with Crippen molar-refractivity contribution in [1.29, 1.82) is 0 Å². The van der Waals surface area contributed by atoms with Crippen LogP contribution in [0.2, 0.25) is 0 Å². The Morgan fingerprint density at radius 3 is 3.04 bits per heavy atom. The molecule has 0 spiro atoms. The van der Waals surface area contributed by atoms with Crippen LogP contribution in [-0.4, -0.2) is 43.6 Å². The van der Waals surface area contributed by atoms with E-state index in [-0.39, 0.29) is 17.4 Å². The van der Waals surface area contributed by atoms with E-state index in [9.17, 15) is 10.1 Å². The Bertz CT molecular complexity index is 704. The Kier molecular flexibility index (Phi) is 5.17. The van der Waals surface area contributed by atoms with Crippen molar-refractivity contribution >= 4 is 11.9 Å².